The van der Waals surface area contributed by atoms with Crippen LogP contribution in [-0.4, -0.2) is 20.2 Å². The number of carboxylic acid groups (broad SMARTS) is 1. The maximum Gasteiger partial charge on any atom is 0.346 e. The molecule has 324 valence electrons. The molecule has 4 heterocycles. The lowest BCUT2D eigenvalue weighted by Gasteiger charge is -2.19. The fraction of sp³-hybridized carbons (Fsp3) is 0.357. The number of aryl methyl sites for hydroxylation is 1. The van der Waals surface area contributed by atoms with E-state index >= 15 is 0 Å². The Labute approximate surface area is 381 Å². The summed E-state index contributed by atoms with van der Waals surface area (Å²) in [5, 5.41) is 23.8. The number of carbonyl (C=O) groups is 1. The van der Waals surface area contributed by atoms with E-state index < -0.39 is 5.97 Å². The number of unbranched alkanes of at least 4 members (excludes halogenated alkanes) is 9. The van der Waals surface area contributed by atoms with Crippen molar-refractivity contribution in [1.29, 1.82) is 5.26 Å². The molecule has 0 aliphatic carbocycles. The lowest BCUT2D eigenvalue weighted by molar-refractivity contribution is -0.132. The zero-order chi connectivity index (χ0) is 44.5. The molecule has 0 spiro atoms. The largest absolute Gasteiger partial charge is 0.477 e. The zero-order valence-corrected chi connectivity index (χ0v) is 39.7. The van der Waals surface area contributed by atoms with Crippen LogP contribution in [0.15, 0.2) is 103 Å². The average molecular weight is 872 g/mol. The SMILES string of the molecule is CCCCCCCCCCCCn1c2ccc(-c3ccc(-c4ccc(/C=C(\C#N)C(=O)O)s4)s3)cc2c2cc(-n3c4ccc(C(C)(C)C)cc4c4cc(C(C)(C)C)ccc43)ccc21. The van der Waals surface area contributed by atoms with Gasteiger partial charge in [-0.25, -0.2) is 4.79 Å². The summed E-state index contributed by atoms with van der Waals surface area (Å²) in [5.41, 5.74) is 9.83. The Morgan fingerprint density at radius 3 is 1.70 bits per heavy atom. The lowest BCUT2D eigenvalue weighted by atomic mass is 9.85. The Balaban J connectivity index is 1.19. The molecule has 63 heavy (non-hydrogen) atoms. The Bertz CT molecular complexity index is 2950. The Hall–Kier alpha value is -5.42. The average Bonchev–Trinajstić information content (AvgIpc) is 4.06. The number of nitriles is 1. The van der Waals surface area contributed by atoms with Crippen molar-refractivity contribution in [3.05, 3.63) is 119 Å². The van der Waals surface area contributed by atoms with Crippen LogP contribution in [0.5, 0.6) is 0 Å². The number of thiophene rings is 2. The van der Waals surface area contributed by atoms with E-state index in [1.807, 2.05) is 12.1 Å². The number of hydrogen-bond acceptors (Lipinski definition) is 4. The maximum absolute atomic E-state index is 11.5. The summed E-state index contributed by atoms with van der Waals surface area (Å²) in [4.78, 5) is 15.6. The first-order valence-corrected chi connectivity index (χ1v) is 24.6. The molecule has 8 aromatic rings. The standard InChI is InChI=1S/C56H61N3O2S2/c1-8-9-10-11-12-13-14-15-16-17-30-58-47-23-18-37(51-28-29-53(63-51)52-27-22-42(62-52)31-38(36-57)54(60)61)32-43(47)46-35-41(21-26-48(46)58)59-49-24-19-39(55(2,3)4)33-44(49)45-34-40(56(5,6)7)20-25-50(45)59/h18-29,31-35H,8-17,30H2,1-7H3,(H,60,61)/b38-31+. The summed E-state index contributed by atoms with van der Waals surface area (Å²) in [6.07, 6.45) is 14.6. The molecule has 4 aromatic carbocycles. The number of rotatable bonds is 16. The molecular weight excluding hydrogens is 811 g/mol. The number of carboxylic acids is 1. The minimum absolute atomic E-state index is 0.0361. The van der Waals surface area contributed by atoms with Crippen LogP contribution in [-0.2, 0) is 22.2 Å². The van der Waals surface area contributed by atoms with Gasteiger partial charge in [-0.1, -0.05) is 124 Å². The summed E-state index contributed by atoms with van der Waals surface area (Å²) >= 11 is 3.24. The van der Waals surface area contributed by atoms with Crippen molar-refractivity contribution in [2.75, 3.05) is 0 Å². The molecule has 8 rings (SSSR count). The zero-order valence-electron chi connectivity index (χ0n) is 38.1. The molecule has 0 saturated heterocycles. The highest BCUT2D eigenvalue weighted by Gasteiger charge is 2.22. The molecule has 0 bridgehead atoms. The van der Waals surface area contributed by atoms with Crippen LogP contribution in [0, 0.1) is 11.3 Å². The summed E-state index contributed by atoms with van der Waals surface area (Å²) in [6, 6.07) is 38.3. The van der Waals surface area contributed by atoms with Crippen LogP contribution in [0.25, 0.3) is 75.6 Å². The van der Waals surface area contributed by atoms with Crippen molar-refractivity contribution < 1.29 is 9.90 Å². The van der Waals surface area contributed by atoms with E-state index in [2.05, 4.69) is 143 Å². The third-order valence-electron chi connectivity index (χ3n) is 12.7. The summed E-state index contributed by atoms with van der Waals surface area (Å²) < 4.78 is 5.04. The van der Waals surface area contributed by atoms with Gasteiger partial charge in [0.05, 0.1) is 11.0 Å². The van der Waals surface area contributed by atoms with Crippen molar-refractivity contribution in [1.82, 2.24) is 9.13 Å². The first-order valence-electron chi connectivity index (χ1n) is 23.0. The van der Waals surface area contributed by atoms with Gasteiger partial charge >= 0.3 is 5.97 Å². The molecule has 0 atom stereocenters. The summed E-state index contributed by atoms with van der Waals surface area (Å²) in [5.74, 6) is -1.21. The van der Waals surface area contributed by atoms with Gasteiger partial charge in [-0.3, -0.25) is 0 Å². The highest BCUT2D eigenvalue weighted by molar-refractivity contribution is 7.24. The van der Waals surface area contributed by atoms with E-state index in [1.54, 1.807) is 17.4 Å². The van der Waals surface area contributed by atoms with Gasteiger partial charge in [0.1, 0.15) is 11.6 Å². The van der Waals surface area contributed by atoms with Crippen LogP contribution >= 0.6 is 22.7 Å². The van der Waals surface area contributed by atoms with E-state index in [0.717, 1.165) is 27.6 Å². The van der Waals surface area contributed by atoms with Gasteiger partial charge in [0, 0.05) is 64.3 Å². The molecule has 4 aromatic heterocycles. The Morgan fingerprint density at radius 2 is 1.11 bits per heavy atom. The molecule has 0 unspecified atom stereocenters. The topological polar surface area (TPSA) is 70.9 Å². The molecule has 0 radical (unpaired) electrons. The molecule has 0 aliphatic rings. The Morgan fingerprint density at radius 1 is 0.603 bits per heavy atom. The third-order valence-corrected chi connectivity index (χ3v) is 15.1. The smallest absolute Gasteiger partial charge is 0.346 e. The van der Waals surface area contributed by atoms with Gasteiger partial charge in [0.2, 0.25) is 0 Å². The van der Waals surface area contributed by atoms with E-state index in [0.29, 0.717) is 0 Å². The number of aliphatic carboxylic acids is 1. The second kappa shape index (κ2) is 18.4. The number of nitrogens with zero attached hydrogens (tertiary/aromatic N) is 3. The lowest BCUT2D eigenvalue weighted by Crippen LogP contribution is -2.10. The van der Waals surface area contributed by atoms with Crippen LogP contribution < -0.4 is 0 Å². The first kappa shape index (κ1) is 44.2. The van der Waals surface area contributed by atoms with Crippen LogP contribution in [0.3, 0.4) is 0 Å². The van der Waals surface area contributed by atoms with Gasteiger partial charge in [0.15, 0.2) is 0 Å². The molecule has 0 amide bonds. The number of benzene rings is 4. The second-order valence-electron chi connectivity index (χ2n) is 19.4. The normalized spacial score (nSPS) is 12.6. The van der Waals surface area contributed by atoms with Crippen molar-refractivity contribution >= 4 is 78.3 Å². The highest BCUT2D eigenvalue weighted by Crippen LogP contribution is 2.42. The van der Waals surface area contributed by atoms with E-state index in [9.17, 15) is 15.2 Å². The monoisotopic (exact) mass is 871 g/mol. The second-order valence-corrected chi connectivity index (χ2v) is 21.6. The predicted molar refractivity (Wildman–Crippen MR) is 271 cm³/mol. The molecule has 5 nitrogen and oxygen atoms in total. The van der Waals surface area contributed by atoms with Crippen molar-refractivity contribution in [2.24, 2.45) is 0 Å². The molecule has 1 N–H and O–H groups in total. The first-order chi connectivity index (χ1) is 30.2. The number of aromatic nitrogens is 2. The quantitative estimate of drug-likeness (QED) is 0.0597. The molecule has 7 heteroatoms. The molecule has 0 aliphatic heterocycles. The van der Waals surface area contributed by atoms with Crippen LogP contribution in [0.2, 0.25) is 0 Å². The van der Waals surface area contributed by atoms with E-state index in [1.165, 1.54) is 146 Å². The fourth-order valence-electron chi connectivity index (χ4n) is 9.09. The van der Waals surface area contributed by atoms with Crippen molar-refractivity contribution in [3.63, 3.8) is 0 Å². The highest BCUT2D eigenvalue weighted by atomic mass is 32.1. The van der Waals surface area contributed by atoms with E-state index in [-0.39, 0.29) is 16.4 Å². The number of fused-ring (bicyclic) bond motifs is 6. The minimum Gasteiger partial charge on any atom is -0.477 e. The van der Waals surface area contributed by atoms with Gasteiger partial charge in [-0.15, -0.1) is 22.7 Å². The Kier molecular flexibility index (Phi) is 12.9. The molecule has 0 fully saturated rings. The summed E-state index contributed by atoms with van der Waals surface area (Å²) in [6.45, 7) is 17.1. The van der Waals surface area contributed by atoms with Crippen LogP contribution in [0.1, 0.15) is 129 Å². The van der Waals surface area contributed by atoms with E-state index in [4.69, 9.17) is 0 Å². The maximum atomic E-state index is 11.5. The van der Waals surface area contributed by atoms with Crippen LogP contribution in [0.4, 0.5) is 0 Å². The summed E-state index contributed by atoms with van der Waals surface area (Å²) in [7, 11) is 0. The van der Waals surface area contributed by atoms with Gasteiger partial charge in [-0.05, 0) is 119 Å². The van der Waals surface area contributed by atoms with Crippen molar-refractivity contribution in [2.45, 2.75) is 130 Å². The van der Waals surface area contributed by atoms with Crippen molar-refractivity contribution in [3.8, 4) is 32.0 Å². The van der Waals surface area contributed by atoms with Gasteiger partial charge < -0.3 is 14.2 Å². The molecule has 0 saturated carbocycles. The molecular formula is C56H61N3O2S2. The third kappa shape index (κ3) is 9.31. The number of hydrogen-bond donors (Lipinski definition) is 1. The van der Waals surface area contributed by atoms with Gasteiger partial charge in [0.25, 0.3) is 0 Å². The fourth-order valence-corrected chi connectivity index (χ4v) is 11.1. The van der Waals surface area contributed by atoms with Gasteiger partial charge in [-0.2, -0.15) is 5.26 Å². The minimum atomic E-state index is -1.21. The predicted octanol–water partition coefficient (Wildman–Crippen LogP) is 16.9.